The summed E-state index contributed by atoms with van der Waals surface area (Å²) in [7, 11) is -1.67. The monoisotopic (exact) mass is 337 g/mol. The van der Waals surface area contributed by atoms with Crippen molar-refractivity contribution in [2.75, 3.05) is 18.4 Å². The second-order valence-corrected chi connectivity index (χ2v) is 6.83. The van der Waals surface area contributed by atoms with Gasteiger partial charge in [0.05, 0.1) is 11.4 Å². The zero-order valence-electron chi connectivity index (χ0n) is 11.3. The van der Waals surface area contributed by atoms with Crippen LogP contribution in [0.25, 0.3) is 0 Å². The molecule has 0 saturated heterocycles. The highest BCUT2D eigenvalue weighted by atomic mass is 79.9. The maximum Gasteiger partial charge on any atom is 0.246 e. The average Bonchev–Trinajstić information content (AvgIpc) is 2.54. The van der Waals surface area contributed by atoms with Gasteiger partial charge in [0.25, 0.3) is 0 Å². The second-order valence-electron chi connectivity index (χ2n) is 4.16. The van der Waals surface area contributed by atoms with Gasteiger partial charge in [0, 0.05) is 25.5 Å². The largest absolute Gasteiger partial charge is 0.271 e. The van der Waals surface area contributed by atoms with E-state index in [2.05, 4.69) is 21.0 Å². The van der Waals surface area contributed by atoms with Crippen LogP contribution in [-0.4, -0.2) is 40.9 Å². The number of halogens is 1. The summed E-state index contributed by atoms with van der Waals surface area (Å²) < 4.78 is 28.3. The fraction of sp³-hybridized carbons (Fsp3) is 0.727. The number of alkyl halides is 1. The van der Waals surface area contributed by atoms with E-state index < -0.39 is 10.0 Å². The zero-order chi connectivity index (χ0) is 13.9. The van der Waals surface area contributed by atoms with Gasteiger partial charge in [0.15, 0.2) is 0 Å². The second kappa shape index (κ2) is 6.16. The first kappa shape index (κ1) is 15.7. The molecule has 0 aliphatic heterocycles. The number of aryl methyl sites for hydroxylation is 2. The molecule has 18 heavy (non-hydrogen) atoms. The van der Waals surface area contributed by atoms with Crippen LogP contribution in [0.15, 0.2) is 4.90 Å². The van der Waals surface area contributed by atoms with Crippen LogP contribution in [0.5, 0.6) is 0 Å². The Morgan fingerprint density at radius 3 is 2.39 bits per heavy atom. The first-order chi connectivity index (χ1) is 8.36. The van der Waals surface area contributed by atoms with Gasteiger partial charge in [-0.15, -0.1) is 0 Å². The molecule has 0 atom stereocenters. The van der Waals surface area contributed by atoms with Crippen molar-refractivity contribution in [1.29, 1.82) is 0 Å². The molecule has 1 heterocycles. The van der Waals surface area contributed by atoms with Crippen LogP contribution < -0.4 is 0 Å². The predicted molar refractivity (Wildman–Crippen MR) is 75.5 cm³/mol. The van der Waals surface area contributed by atoms with Crippen molar-refractivity contribution in [3.05, 3.63) is 11.4 Å². The average molecular weight is 338 g/mol. The lowest BCUT2D eigenvalue weighted by Crippen LogP contribution is -2.32. The standard InChI is InChI=1S/C11H20BrN3O2S/c1-5-15(8-6-7-12)18(16,17)11-9(2)13-14(4)10(11)3/h5-8H2,1-4H3. The van der Waals surface area contributed by atoms with E-state index in [1.807, 2.05) is 6.92 Å². The smallest absolute Gasteiger partial charge is 0.246 e. The van der Waals surface area contributed by atoms with Crippen LogP contribution in [0.3, 0.4) is 0 Å². The van der Waals surface area contributed by atoms with Gasteiger partial charge in [-0.2, -0.15) is 9.40 Å². The minimum absolute atomic E-state index is 0.349. The maximum absolute atomic E-state index is 12.6. The minimum Gasteiger partial charge on any atom is -0.271 e. The molecule has 0 radical (unpaired) electrons. The molecule has 1 rings (SSSR count). The number of aromatic nitrogens is 2. The van der Waals surface area contributed by atoms with Crippen molar-refractivity contribution in [1.82, 2.24) is 14.1 Å². The Labute approximate surface area is 117 Å². The summed E-state index contributed by atoms with van der Waals surface area (Å²) in [6, 6.07) is 0. The molecule has 7 heteroatoms. The molecule has 0 aromatic carbocycles. The van der Waals surface area contributed by atoms with Gasteiger partial charge in [-0.05, 0) is 20.3 Å². The summed E-state index contributed by atoms with van der Waals surface area (Å²) in [4.78, 5) is 0.349. The maximum atomic E-state index is 12.6. The molecule has 0 unspecified atom stereocenters. The molecule has 0 spiro atoms. The molecular weight excluding hydrogens is 318 g/mol. The number of hydrogen-bond donors (Lipinski definition) is 0. The normalized spacial score (nSPS) is 12.3. The quantitative estimate of drug-likeness (QED) is 0.744. The van der Waals surface area contributed by atoms with Gasteiger partial charge in [-0.1, -0.05) is 22.9 Å². The molecule has 5 nitrogen and oxygen atoms in total. The number of hydrogen-bond acceptors (Lipinski definition) is 3. The lowest BCUT2D eigenvalue weighted by Gasteiger charge is -2.20. The Kier molecular flexibility index (Phi) is 5.36. The summed E-state index contributed by atoms with van der Waals surface area (Å²) in [5.41, 5.74) is 1.25. The fourth-order valence-electron chi connectivity index (χ4n) is 1.94. The Bertz CT molecular complexity index is 511. The Balaban J connectivity index is 3.19. The molecule has 0 aliphatic carbocycles. The van der Waals surface area contributed by atoms with E-state index >= 15 is 0 Å². The van der Waals surface area contributed by atoms with E-state index in [0.29, 0.717) is 29.4 Å². The van der Waals surface area contributed by atoms with E-state index in [1.165, 1.54) is 4.31 Å². The summed E-state index contributed by atoms with van der Waals surface area (Å²) in [6.45, 7) is 6.37. The summed E-state index contributed by atoms with van der Waals surface area (Å²) >= 11 is 3.33. The van der Waals surface area contributed by atoms with Crippen molar-refractivity contribution >= 4 is 26.0 Å². The van der Waals surface area contributed by atoms with Crippen molar-refractivity contribution in [3.8, 4) is 0 Å². The van der Waals surface area contributed by atoms with E-state index in [-0.39, 0.29) is 0 Å². The molecule has 0 saturated carbocycles. The molecule has 1 aromatic rings. The zero-order valence-corrected chi connectivity index (χ0v) is 13.7. The summed E-state index contributed by atoms with van der Waals surface area (Å²) in [5.74, 6) is 0. The highest BCUT2D eigenvalue weighted by Crippen LogP contribution is 2.23. The Hall–Kier alpha value is -0.400. The van der Waals surface area contributed by atoms with Crippen molar-refractivity contribution in [2.24, 2.45) is 7.05 Å². The molecule has 0 fully saturated rings. The predicted octanol–water partition coefficient (Wildman–Crippen LogP) is 1.83. The third-order valence-electron chi connectivity index (χ3n) is 2.93. The molecular formula is C11H20BrN3O2S. The van der Waals surface area contributed by atoms with Gasteiger partial charge >= 0.3 is 0 Å². The van der Waals surface area contributed by atoms with Crippen LogP contribution in [-0.2, 0) is 17.1 Å². The fourth-order valence-corrected chi connectivity index (χ4v) is 4.08. The summed E-state index contributed by atoms with van der Waals surface area (Å²) in [5, 5.41) is 4.97. The van der Waals surface area contributed by atoms with Crippen LogP contribution in [0, 0.1) is 13.8 Å². The Morgan fingerprint density at radius 1 is 1.39 bits per heavy atom. The van der Waals surface area contributed by atoms with Crippen LogP contribution in [0.1, 0.15) is 24.7 Å². The lowest BCUT2D eigenvalue weighted by molar-refractivity contribution is 0.428. The Morgan fingerprint density at radius 2 is 2.00 bits per heavy atom. The highest BCUT2D eigenvalue weighted by molar-refractivity contribution is 9.09. The van der Waals surface area contributed by atoms with Gasteiger partial charge in [0.1, 0.15) is 4.90 Å². The number of rotatable bonds is 6. The van der Waals surface area contributed by atoms with Crippen molar-refractivity contribution < 1.29 is 8.42 Å². The van der Waals surface area contributed by atoms with Crippen molar-refractivity contribution in [3.63, 3.8) is 0 Å². The molecule has 0 N–H and O–H groups in total. The van der Waals surface area contributed by atoms with E-state index in [1.54, 1.807) is 25.6 Å². The molecule has 0 amide bonds. The van der Waals surface area contributed by atoms with Crippen LogP contribution in [0.2, 0.25) is 0 Å². The topological polar surface area (TPSA) is 55.2 Å². The van der Waals surface area contributed by atoms with E-state index in [9.17, 15) is 8.42 Å². The van der Waals surface area contributed by atoms with Gasteiger partial charge < -0.3 is 0 Å². The van der Waals surface area contributed by atoms with Crippen LogP contribution in [0.4, 0.5) is 0 Å². The molecule has 1 aromatic heterocycles. The van der Waals surface area contributed by atoms with E-state index in [4.69, 9.17) is 0 Å². The number of nitrogens with zero attached hydrogens (tertiary/aromatic N) is 3. The van der Waals surface area contributed by atoms with Gasteiger partial charge in [-0.3, -0.25) is 4.68 Å². The van der Waals surface area contributed by atoms with Crippen molar-refractivity contribution in [2.45, 2.75) is 32.1 Å². The minimum atomic E-state index is -3.43. The first-order valence-corrected chi connectivity index (χ1v) is 8.48. The third kappa shape index (κ3) is 2.95. The molecule has 0 bridgehead atoms. The number of sulfonamides is 1. The van der Waals surface area contributed by atoms with Gasteiger partial charge in [-0.25, -0.2) is 8.42 Å². The SMILES string of the molecule is CCN(CCCBr)S(=O)(=O)c1c(C)nn(C)c1C. The molecule has 104 valence electrons. The highest BCUT2D eigenvalue weighted by Gasteiger charge is 2.29. The van der Waals surface area contributed by atoms with Gasteiger partial charge in [0.2, 0.25) is 10.0 Å². The van der Waals surface area contributed by atoms with Crippen LogP contribution >= 0.6 is 15.9 Å². The first-order valence-electron chi connectivity index (χ1n) is 5.92. The third-order valence-corrected chi connectivity index (χ3v) is 5.72. The lowest BCUT2D eigenvalue weighted by atomic mass is 10.4. The molecule has 0 aliphatic rings. The van der Waals surface area contributed by atoms with E-state index in [0.717, 1.165) is 11.8 Å². The summed E-state index contributed by atoms with van der Waals surface area (Å²) in [6.07, 6.45) is 0.797.